The highest BCUT2D eigenvalue weighted by atomic mass is 16.5. The molecule has 0 aromatic carbocycles. The zero-order valence-electron chi connectivity index (χ0n) is 12.5. The van der Waals surface area contributed by atoms with Crippen molar-refractivity contribution in [3.8, 4) is 0 Å². The largest absolute Gasteiger partial charge is 0.339 e. The van der Waals surface area contributed by atoms with Gasteiger partial charge in [-0.1, -0.05) is 31.3 Å². The molecule has 0 spiro atoms. The average Bonchev–Trinajstić information content (AvgIpc) is 2.93. The van der Waals surface area contributed by atoms with Crippen LogP contribution in [0.3, 0.4) is 0 Å². The summed E-state index contributed by atoms with van der Waals surface area (Å²) in [6, 6.07) is 0.495. The fourth-order valence-corrected chi connectivity index (χ4v) is 2.92. The Kier molecular flexibility index (Phi) is 5.37. The van der Waals surface area contributed by atoms with Crippen molar-refractivity contribution >= 4 is 0 Å². The SMILES string of the molecule is CCC1CCCC(c2noc(CCC(C)NC)n2)C1. The van der Waals surface area contributed by atoms with Crippen LogP contribution in [-0.2, 0) is 6.42 Å². The summed E-state index contributed by atoms with van der Waals surface area (Å²) < 4.78 is 5.39. The third kappa shape index (κ3) is 4.03. The lowest BCUT2D eigenvalue weighted by Gasteiger charge is -2.26. The second-order valence-corrected chi connectivity index (χ2v) is 5.91. The van der Waals surface area contributed by atoms with Gasteiger partial charge >= 0.3 is 0 Å². The van der Waals surface area contributed by atoms with Crippen molar-refractivity contribution in [1.29, 1.82) is 0 Å². The first-order chi connectivity index (χ1) is 9.22. The number of hydrogen-bond acceptors (Lipinski definition) is 4. The van der Waals surface area contributed by atoms with E-state index in [0.717, 1.165) is 30.5 Å². The minimum atomic E-state index is 0.495. The van der Waals surface area contributed by atoms with Crippen molar-refractivity contribution in [1.82, 2.24) is 15.5 Å². The van der Waals surface area contributed by atoms with E-state index in [-0.39, 0.29) is 0 Å². The van der Waals surface area contributed by atoms with Crippen LogP contribution < -0.4 is 5.32 Å². The second kappa shape index (κ2) is 7.04. The molecular weight excluding hydrogens is 238 g/mol. The summed E-state index contributed by atoms with van der Waals surface area (Å²) in [6.45, 7) is 4.46. The van der Waals surface area contributed by atoms with Crippen molar-refractivity contribution in [3.63, 3.8) is 0 Å². The molecule has 4 heteroatoms. The lowest BCUT2D eigenvalue weighted by Crippen LogP contribution is -2.21. The summed E-state index contributed by atoms with van der Waals surface area (Å²) in [6.07, 6.45) is 8.34. The maximum Gasteiger partial charge on any atom is 0.226 e. The van der Waals surface area contributed by atoms with Gasteiger partial charge in [-0.05, 0) is 39.2 Å². The van der Waals surface area contributed by atoms with E-state index in [4.69, 9.17) is 4.52 Å². The molecule has 4 nitrogen and oxygen atoms in total. The molecule has 1 aliphatic carbocycles. The molecule has 1 N–H and O–H groups in total. The Morgan fingerprint density at radius 3 is 3.00 bits per heavy atom. The first-order valence-electron chi connectivity index (χ1n) is 7.72. The van der Waals surface area contributed by atoms with Gasteiger partial charge in [-0.2, -0.15) is 4.98 Å². The fraction of sp³-hybridized carbons (Fsp3) is 0.867. The number of aromatic nitrogens is 2. The molecule has 0 aliphatic heterocycles. The van der Waals surface area contributed by atoms with Crippen LogP contribution in [0.5, 0.6) is 0 Å². The van der Waals surface area contributed by atoms with Gasteiger partial charge < -0.3 is 9.84 Å². The van der Waals surface area contributed by atoms with E-state index in [9.17, 15) is 0 Å². The van der Waals surface area contributed by atoms with Crippen LogP contribution in [0, 0.1) is 5.92 Å². The topological polar surface area (TPSA) is 51.0 Å². The van der Waals surface area contributed by atoms with Crippen LogP contribution in [-0.4, -0.2) is 23.2 Å². The van der Waals surface area contributed by atoms with Gasteiger partial charge in [-0.15, -0.1) is 0 Å². The molecule has 1 heterocycles. The van der Waals surface area contributed by atoms with Crippen LogP contribution >= 0.6 is 0 Å². The molecule has 0 saturated heterocycles. The highest BCUT2D eigenvalue weighted by Gasteiger charge is 2.25. The van der Waals surface area contributed by atoms with Crippen LogP contribution in [0.15, 0.2) is 4.52 Å². The molecule has 1 aromatic heterocycles. The molecule has 2 rings (SSSR count). The Morgan fingerprint density at radius 2 is 2.26 bits per heavy atom. The van der Waals surface area contributed by atoms with E-state index in [1.165, 1.54) is 32.1 Å². The Hall–Kier alpha value is -0.900. The van der Waals surface area contributed by atoms with E-state index >= 15 is 0 Å². The smallest absolute Gasteiger partial charge is 0.226 e. The van der Waals surface area contributed by atoms with E-state index in [2.05, 4.69) is 29.3 Å². The molecule has 0 radical (unpaired) electrons. The number of nitrogens with zero attached hydrogens (tertiary/aromatic N) is 2. The van der Waals surface area contributed by atoms with Crippen molar-refractivity contribution in [2.45, 2.75) is 70.8 Å². The Labute approximate surface area is 116 Å². The van der Waals surface area contributed by atoms with Crippen LogP contribution in [0.1, 0.15) is 70.0 Å². The van der Waals surface area contributed by atoms with Gasteiger partial charge in [0.15, 0.2) is 5.82 Å². The van der Waals surface area contributed by atoms with Crippen molar-refractivity contribution < 1.29 is 4.52 Å². The third-order valence-electron chi connectivity index (χ3n) is 4.49. The average molecular weight is 265 g/mol. The molecule has 0 amide bonds. The highest BCUT2D eigenvalue weighted by molar-refractivity contribution is 4.98. The Balaban J connectivity index is 1.89. The quantitative estimate of drug-likeness (QED) is 0.857. The molecule has 1 aromatic rings. The van der Waals surface area contributed by atoms with Crippen LogP contribution in [0.2, 0.25) is 0 Å². The van der Waals surface area contributed by atoms with Crippen molar-refractivity contribution in [3.05, 3.63) is 11.7 Å². The van der Waals surface area contributed by atoms with Gasteiger partial charge in [0.1, 0.15) is 0 Å². The van der Waals surface area contributed by atoms with Gasteiger partial charge in [0, 0.05) is 18.4 Å². The van der Waals surface area contributed by atoms with Crippen LogP contribution in [0.4, 0.5) is 0 Å². The third-order valence-corrected chi connectivity index (χ3v) is 4.49. The van der Waals surface area contributed by atoms with Crippen molar-refractivity contribution in [2.24, 2.45) is 5.92 Å². The maximum absolute atomic E-state index is 5.39. The van der Waals surface area contributed by atoms with E-state index in [0.29, 0.717) is 12.0 Å². The van der Waals surface area contributed by atoms with E-state index in [1.807, 2.05) is 7.05 Å². The van der Waals surface area contributed by atoms with Crippen LogP contribution in [0.25, 0.3) is 0 Å². The minimum absolute atomic E-state index is 0.495. The van der Waals surface area contributed by atoms with Gasteiger partial charge in [0.05, 0.1) is 0 Å². The number of hydrogen-bond donors (Lipinski definition) is 1. The Morgan fingerprint density at radius 1 is 1.42 bits per heavy atom. The van der Waals surface area contributed by atoms with Gasteiger partial charge in [0.2, 0.25) is 5.89 Å². The number of rotatable bonds is 6. The fourth-order valence-electron chi connectivity index (χ4n) is 2.92. The Bertz CT molecular complexity index is 377. The second-order valence-electron chi connectivity index (χ2n) is 5.91. The molecule has 1 saturated carbocycles. The first kappa shape index (κ1) is 14.5. The van der Waals surface area contributed by atoms with E-state index in [1.54, 1.807) is 0 Å². The van der Waals surface area contributed by atoms with E-state index < -0.39 is 0 Å². The number of aryl methyl sites for hydroxylation is 1. The molecule has 1 fully saturated rings. The molecule has 3 unspecified atom stereocenters. The summed E-state index contributed by atoms with van der Waals surface area (Å²) >= 11 is 0. The monoisotopic (exact) mass is 265 g/mol. The van der Waals surface area contributed by atoms with Crippen molar-refractivity contribution in [2.75, 3.05) is 7.05 Å². The highest BCUT2D eigenvalue weighted by Crippen LogP contribution is 2.36. The predicted molar refractivity (Wildman–Crippen MR) is 76.1 cm³/mol. The zero-order valence-corrected chi connectivity index (χ0v) is 12.5. The molecule has 0 bridgehead atoms. The summed E-state index contributed by atoms with van der Waals surface area (Å²) in [5, 5.41) is 7.43. The summed E-state index contributed by atoms with van der Waals surface area (Å²) in [5.41, 5.74) is 0. The summed E-state index contributed by atoms with van der Waals surface area (Å²) in [4.78, 5) is 4.60. The lowest BCUT2D eigenvalue weighted by atomic mass is 9.80. The molecule has 3 atom stereocenters. The first-order valence-corrected chi connectivity index (χ1v) is 7.72. The summed E-state index contributed by atoms with van der Waals surface area (Å²) in [7, 11) is 1.98. The molecule has 108 valence electrons. The maximum atomic E-state index is 5.39. The molecular formula is C15H27N3O. The summed E-state index contributed by atoms with van der Waals surface area (Å²) in [5.74, 6) is 3.13. The van der Waals surface area contributed by atoms with Gasteiger partial charge in [-0.3, -0.25) is 0 Å². The standard InChI is InChI=1S/C15H27N3O/c1-4-12-6-5-7-13(10-12)15-17-14(19-18-15)9-8-11(2)16-3/h11-13,16H,4-10H2,1-3H3. The van der Waals surface area contributed by atoms with Gasteiger partial charge in [-0.25, -0.2) is 0 Å². The number of nitrogens with one attached hydrogen (secondary N) is 1. The normalized spacial score (nSPS) is 25.4. The minimum Gasteiger partial charge on any atom is -0.339 e. The lowest BCUT2D eigenvalue weighted by molar-refractivity contribution is 0.297. The zero-order chi connectivity index (χ0) is 13.7. The molecule has 19 heavy (non-hydrogen) atoms. The predicted octanol–water partition coefficient (Wildman–Crippen LogP) is 3.29. The van der Waals surface area contributed by atoms with Gasteiger partial charge in [0.25, 0.3) is 0 Å². The molecule has 1 aliphatic rings.